The quantitative estimate of drug-likeness (QED) is 0.513. The lowest BCUT2D eigenvalue weighted by molar-refractivity contribution is -0.113. The van der Waals surface area contributed by atoms with Crippen molar-refractivity contribution in [1.29, 1.82) is 0 Å². The molecule has 4 aromatic rings. The van der Waals surface area contributed by atoms with Gasteiger partial charge in [-0.3, -0.25) is 18.7 Å². The third-order valence-electron chi connectivity index (χ3n) is 5.01. The number of fused-ring (bicyclic) bond motifs is 2. The number of benzene rings is 2. The molecule has 0 saturated heterocycles. The molecule has 7 nitrogen and oxygen atoms in total. The van der Waals surface area contributed by atoms with Crippen molar-refractivity contribution in [2.24, 2.45) is 14.1 Å². The molecular weight excluding hydrogens is 400 g/mol. The summed E-state index contributed by atoms with van der Waals surface area (Å²) < 4.78 is 2.40. The molecule has 4 rings (SSSR count). The number of pyridine rings is 1. The van der Waals surface area contributed by atoms with Gasteiger partial charge in [-0.1, -0.05) is 36.4 Å². The van der Waals surface area contributed by atoms with Crippen LogP contribution in [-0.4, -0.2) is 25.8 Å². The molecule has 0 bridgehead atoms. The Kier molecular flexibility index (Phi) is 5.17. The highest BCUT2D eigenvalue weighted by Gasteiger charge is 2.17. The number of carbonyl (C=O) groups is 1. The van der Waals surface area contributed by atoms with Gasteiger partial charge in [0, 0.05) is 36.3 Å². The van der Waals surface area contributed by atoms with Crippen molar-refractivity contribution >= 4 is 45.2 Å². The molecule has 0 aliphatic carbocycles. The van der Waals surface area contributed by atoms with Gasteiger partial charge in [-0.25, -0.2) is 9.78 Å². The second-order valence-electron chi connectivity index (χ2n) is 7.04. The van der Waals surface area contributed by atoms with Gasteiger partial charge in [0.1, 0.15) is 5.65 Å². The molecule has 8 heteroatoms. The summed E-state index contributed by atoms with van der Waals surface area (Å²) in [5, 5.41) is 5.32. The molecule has 2 aromatic carbocycles. The smallest absolute Gasteiger partial charge is 0.325 e. The average Bonchev–Trinajstić information content (AvgIpc) is 2.75. The lowest BCUT2D eigenvalue weighted by Gasteiger charge is -2.13. The van der Waals surface area contributed by atoms with E-state index in [0.29, 0.717) is 15.9 Å². The first-order chi connectivity index (χ1) is 14.4. The number of thioether (sulfide) groups is 1. The van der Waals surface area contributed by atoms with E-state index in [0.717, 1.165) is 26.6 Å². The second kappa shape index (κ2) is 7.79. The van der Waals surface area contributed by atoms with Gasteiger partial charge in [0.25, 0.3) is 5.56 Å². The summed E-state index contributed by atoms with van der Waals surface area (Å²) in [5.74, 6) is -0.0582. The van der Waals surface area contributed by atoms with E-state index in [4.69, 9.17) is 0 Å². The maximum Gasteiger partial charge on any atom is 0.332 e. The van der Waals surface area contributed by atoms with E-state index in [1.54, 1.807) is 13.2 Å². The van der Waals surface area contributed by atoms with Gasteiger partial charge in [-0.15, -0.1) is 11.8 Å². The van der Waals surface area contributed by atoms with Gasteiger partial charge in [-0.2, -0.15) is 0 Å². The highest BCUT2D eigenvalue weighted by atomic mass is 32.2. The number of aromatic nitrogens is 3. The first-order valence-corrected chi connectivity index (χ1v) is 10.3. The van der Waals surface area contributed by atoms with Crippen molar-refractivity contribution in [3.63, 3.8) is 0 Å². The van der Waals surface area contributed by atoms with Crippen LogP contribution in [0.1, 0.15) is 5.56 Å². The number of nitrogens with one attached hydrogen (secondary N) is 1. The minimum atomic E-state index is -0.437. The Hall–Kier alpha value is -3.39. The fourth-order valence-electron chi connectivity index (χ4n) is 3.44. The van der Waals surface area contributed by atoms with Crippen molar-refractivity contribution < 1.29 is 4.79 Å². The molecule has 0 spiro atoms. The molecule has 2 heterocycles. The fourth-order valence-corrected chi connectivity index (χ4v) is 4.39. The Labute approximate surface area is 176 Å². The van der Waals surface area contributed by atoms with Crippen LogP contribution in [0.4, 0.5) is 5.69 Å². The van der Waals surface area contributed by atoms with Crippen molar-refractivity contribution in [3.05, 3.63) is 75.1 Å². The molecule has 0 atom stereocenters. The number of amides is 1. The topological polar surface area (TPSA) is 86.0 Å². The first-order valence-electron chi connectivity index (χ1n) is 9.34. The zero-order chi connectivity index (χ0) is 21.4. The Morgan fingerprint density at radius 2 is 1.80 bits per heavy atom. The van der Waals surface area contributed by atoms with Crippen LogP contribution in [0.15, 0.2) is 63.1 Å². The molecule has 1 amide bonds. The van der Waals surface area contributed by atoms with Gasteiger partial charge in [-0.05, 0) is 23.9 Å². The van der Waals surface area contributed by atoms with Crippen molar-refractivity contribution in [2.75, 3.05) is 11.1 Å². The van der Waals surface area contributed by atoms with Crippen LogP contribution in [0, 0.1) is 6.92 Å². The molecule has 1 N–H and O–H groups in total. The third-order valence-corrected chi connectivity index (χ3v) is 6.23. The number of rotatable bonds is 4. The molecule has 0 radical (unpaired) electrons. The Morgan fingerprint density at radius 3 is 2.60 bits per heavy atom. The van der Waals surface area contributed by atoms with Gasteiger partial charge in [0.05, 0.1) is 11.1 Å². The molecule has 0 fully saturated rings. The lowest BCUT2D eigenvalue weighted by Crippen LogP contribution is -2.37. The van der Waals surface area contributed by atoms with Crippen LogP contribution in [0.5, 0.6) is 0 Å². The van der Waals surface area contributed by atoms with Crippen molar-refractivity contribution in [1.82, 2.24) is 14.1 Å². The van der Waals surface area contributed by atoms with Crippen molar-refractivity contribution in [3.8, 4) is 0 Å². The van der Waals surface area contributed by atoms with E-state index in [-0.39, 0.29) is 11.7 Å². The highest BCUT2D eigenvalue weighted by Crippen LogP contribution is 2.28. The summed E-state index contributed by atoms with van der Waals surface area (Å²) in [6.45, 7) is 1.84. The number of anilines is 1. The molecule has 152 valence electrons. The van der Waals surface area contributed by atoms with Gasteiger partial charge in [0.2, 0.25) is 5.91 Å². The monoisotopic (exact) mass is 420 g/mol. The predicted molar refractivity (Wildman–Crippen MR) is 120 cm³/mol. The van der Waals surface area contributed by atoms with Crippen LogP contribution in [0.25, 0.3) is 21.8 Å². The van der Waals surface area contributed by atoms with E-state index in [1.165, 1.54) is 23.4 Å². The van der Waals surface area contributed by atoms with Gasteiger partial charge < -0.3 is 5.32 Å². The number of hydrogen-bond acceptors (Lipinski definition) is 5. The summed E-state index contributed by atoms with van der Waals surface area (Å²) in [6.07, 6.45) is 1.62. The molecular formula is C22H20N4O3S. The minimum absolute atomic E-state index is 0.120. The summed E-state index contributed by atoms with van der Waals surface area (Å²) in [7, 11) is 3.02. The molecule has 0 aliphatic heterocycles. The normalized spacial score (nSPS) is 11.2. The van der Waals surface area contributed by atoms with E-state index in [2.05, 4.69) is 10.3 Å². The summed E-state index contributed by atoms with van der Waals surface area (Å²) in [4.78, 5) is 42.5. The minimum Gasteiger partial charge on any atom is -0.325 e. The molecule has 0 saturated carbocycles. The molecule has 30 heavy (non-hydrogen) atoms. The molecule has 2 aromatic heterocycles. The van der Waals surface area contributed by atoms with Gasteiger partial charge in [0.15, 0.2) is 0 Å². The Morgan fingerprint density at radius 1 is 1.07 bits per heavy atom. The summed E-state index contributed by atoms with van der Waals surface area (Å²) >= 11 is 1.27. The summed E-state index contributed by atoms with van der Waals surface area (Å²) in [6, 6.07) is 13.6. The number of nitrogens with zero attached hydrogens (tertiary/aromatic N) is 3. The lowest BCUT2D eigenvalue weighted by atomic mass is 10.1. The van der Waals surface area contributed by atoms with Crippen LogP contribution in [0.2, 0.25) is 0 Å². The maximum absolute atomic E-state index is 12.8. The van der Waals surface area contributed by atoms with Gasteiger partial charge >= 0.3 is 5.69 Å². The first kappa shape index (κ1) is 19.9. The van der Waals surface area contributed by atoms with E-state index < -0.39 is 11.2 Å². The SMILES string of the molecule is Cc1cnc2c(c1SCC(=O)Nc1cccc3ccccc13)c(=O)n(C)c(=O)n2C. The zero-order valence-electron chi connectivity index (χ0n) is 16.8. The largest absolute Gasteiger partial charge is 0.332 e. The van der Waals surface area contributed by atoms with Crippen molar-refractivity contribution in [2.45, 2.75) is 11.8 Å². The van der Waals surface area contributed by atoms with Crippen LogP contribution >= 0.6 is 11.8 Å². The van der Waals surface area contributed by atoms with Crippen LogP contribution in [0.3, 0.4) is 0 Å². The average molecular weight is 420 g/mol. The van der Waals surface area contributed by atoms with E-state index >= 15 is 0 Å². The zero-order valence-corrected chi connectivity index (χ0v) is 17.6. The number of carbonyl (C=O) groups excluding carboxylic acids is 1. The second-order valence-corrected chi connectivity index (χ2v) is 8.02. The van der Waals surface area contributed by atoms with Crippen LogP contribution in [-0.2, 0) is 18.9 Å². The summed E-state index contributed by atoms with van der Waals surface area (Å²) in [5.41, 5.74) is 0.981. The van der Waals surface area contributed by atoms with Crippen LogP contribution < -0.4 is 16.6 Å². The maximum atomic E-state index is 12.8. The predicted octanol–water partition coefficient (Wildman–Crippen LogP) is 2.82. The number of aryl methyl sites for hydroxylation is 2. The Balaban J connectivity index is 1.65. The Bertz CT molecular complexity index is 1420. The molecule has 0 aliphatic rings. The highest BCUT2D eigenvalue weighted by molar-refractivity contribution is 8.00. The fraction of sp³-hybridized carbons (Fsp3) is 0.182. The molecule has 0 unspecified atom stereocenters. The third kappa shape index (κ3) is 3.39. The number of hydrogen-bond donors (Lipinski definition) is 1. The standard InChI is InChI=1S/C22H20N4O3S/c1-13-11-23-20-18(21(28)26(3)22(29)25(20)2)19(13)30-12-17(27)24-16-10-6-8-14-7-4-5-9-15(14)16/h4-11H,12H2,1-3H3,(H,24,27). The van der Waals surface area contributed by atoms with E-state index in [1.807, 2.05) is 49.4 Å². The van der Waals surface area contributed by atoms with E-state index in [9.17, 15) is 14.4 Å².